The van der Waals surface area contributed by atoms with Gasteiger partial charge in [0.05, 0.1) is 19.3 Å². The third-order valence-electron chi connectivity index (χ3n) is 10.5. The Bertz CT molecular complexity index is 2040. The second-order valence-corrected chi connectivity index (χ2v) is 19.8. The minimum Gasteiger partial charge on any atom is -0.462 e. The summed E-state index contributed by atoms with van der Waals surface area (Å²) in [7, 11) is -10.9. The lowest BCUT2D eigenvalue weighted by molar-refractivity contribution is -0.161. The minimum atomic E-state index is -5.45. The highest BCUT2D eigenvalue weighted by Crippen LogP contribution is 2.60. The Kier molecular flexibility index (Phi) is 33.4. The van der Waals surface area contributed by atoms with Crippen LogP contribution in [0, 0.1) is 0 Å². The van der Waals surface area contributed by atoms with E-state index in [2.05, 4.69) is 52.7 Å². The number of aliphatic hydroxyl groups is 3. The van der Waals surface area contributed by atoms with E-state index >= 15 is 0 Å². The Morgan fingerprint density at radius 3 is 2.04 bits per heavy atom. The third-order valence-corrected chi connectivity index (χ3v) is 13.1. The summed E-state index contributed by atoms with van der Waals surface area (Å²) in [5.41, 5.74) is 4.57. The number of nitrogens with two attached hydrogens (primary N) is 1. The lowest BCUT2D eigenvalue weighted by Gasteiger charge is -2.21. The van der Waals surface area contributed by atoms with Gasteiger partial charge in [-0.25, -0.2) is 13.9 Å². The fourth-order valence-corrected chi connectivity index (χ4v) is 8.80. The van der Waals surface area contributed by atoms with Crippen LogP contribution in [0.25, 0.3) is 0 Å². The first-order valence-corrected chi connectivity index (χ1v) is 27.7. The largest absolute Gasteiger partial charge is 0.481 e. The molecule has 0 amide bonds. The van der Waals surface area contributed by atoms with E-state index in [1.807, 2.05) is 49.5 Å². The van der Waals surface area contributed by atoms with Crippen molar-refractivity contribution >= 4 is 33.4 Å². The normalized spacial score (nSPS) is 20.3. The zero-order chi connectivity index (χ0) is 52.2. The predicted octanol–water partition coefficient (Wildman–Crippen LogP) is 8.86. The van der Waals surface area contributed by atoms with Crippen LogP contribution in [0.5, 0.6) is 0 Å². The molecule has 1 aromatic heterocycles. The Morgan fingerprint density at radius 2 is 1.37 bits per heavy atom. The van der Waals surface area contributed by atoms with Crippen LogP contribution < -0.4 is 11.4 Å². The van der Waals surface area contributed by atoms with Gasteiger partial charge in [0.1, 0.15) is 30.7 Å². The van der Waals surface area contributed by atoms with Crippen LogP contribution in [0.3, 0.4) is 0 Å². The highest BCUT2D eigenvalue weighted by Gasteiger charge is 2.46. The van der Waals surface area contributed by atoms with Crippen LogP contribution in [-0.4, -0.2) is 96.9 Å². The monoisotopic (exact) mass is 1040 g/mol. The van der Waals surface area contributed by atoms with Crippen molar-refractivity contribution in [3.8, 4) is 0 Å². The topological polar surface area (TPSA) is 286 Å². The van der Waals surface area contributed by atoms with Crippen LogP contribution in [0.1, 0.15) is 142 Å². The summed E-state index contributed by atoms with van der Waals surface area (Å²) < 4.78 is 56.6. The van der Waals surface area contributed by atoms with Crippen molar-refractivity contribution in [1.29, 1.82) is 0 Å². The van der Waals surface area contributed by atoms with Crippen LogP contribution in [0.15, 0.2) is 102 Å². The number of phosphoric acid groups is 2. The first-order valence-electron chi connectivity index (χ1n) is 24.7. The van der Waals surface area contributed by atoms with E-state index in [9.17, 15) is 48.6 Å². The molecule has 1 aromatic rings. The Morgan fingerprint density at radius 1 is 0.761 bits per heavy atom. The maximum Gasteiger partial charge on any atom is 0.481 e. The maximum atomic E-state index is 12.8. The smallest absolute Gasteiger partial charge is 0.462 e. The van der Waals surface area contributed by atoms with Gasteiger partial charge < -0.3 is 45.1 Å². The molecule has 2 heterocycles. The Balaban J connectivity index is 1.86. The number of aliphatic hydroxyl groups excluding tert-OH is 3. The van der Waals surface area contributed by atoms with Gasteiger partial charge in [-0.3, -0.25) is 23.2 Å². The number of allylic oxidation sites excluding steroid dienone is 12. The molecule has 1 fully saturated rings. The zero-order valence-corrected chi connectivity index (χ0v) is 43.1. The van der Waals surface area contributed by atoms with E-state index in [-0.39, 0.29) is 18.7 Å². The number of carbonyl (C=O) groups excluding carboxylic acids is 2. The molecule has 71 heavy (non-hydrogen) atoms. The molecule has 7 N–H and O–H groups in total. The van der Waals surface area contributed by atoms with Crippen molar-refractivity contribution < 1.29 is 71.4 Å². The first kappa shape index (κ1) is 63.0. The molecule has 1 aliphatic heterocycles. The lowest BCUT2D eigenvalue weighted by Crippen LogP contribution is -2.36. The second-order valence-electron chi connectivity index (χ2n) is 16.8. The lowest BCUT2D eigenvalue weighted by atomic mass is 10.1. The molecule has 0 aromatic carbocycles. The zero-order valence-electron chi connectivity index (χ0n) is 41.4. The molecular weight excluding hydrogens is 961 g/mol. The highest BCUT2D eigenvalue weighted by molar-refractivity contribution is 7.61. The molecule has 0 aliphatic carbocycles. The van der Waals surface area contributed by atoms with E-state index in [1.54, 1.807) is 6.08 Å². The number of nitrogen functional groups attached to an aromatic ring is 1. The van der Waals surface area contributed by atoms with Gasteiger partial charge in [-0.15, -0.1) is 0 Å². The van der Waals surface area contributed by atoms with Gasteiger partial charge in [0.25, 0.3) is 0 Å². The highest BCUT2D eigenvalue weighted by atomic mass is 31.3. The minimum absolute atomic E-state index is 0.0455. The summed E-state index contributed by atoms with van der Waals surface area (Å²) in [4.78, 5) is 61.8. The molecule has 2 rings (SSSR count). The van der Waals surface area contributed by atoms with Crippen molar-refractivity contribution in [2.45, 2.75) is 173 Å². The number of carbonyl (C=O) groups is 2. The number of anilines is 1. The summed E-state index contributed by atoms with van der Waals surface area (Å²) in [6.07, 6.45) is 35.7. The van der Waals surface area contributed by atoms with Crippen molar-refractivity contribution in [2.75, 3.05) is 25.6 Å². The van der Waals surface area contributed by atoms with Crippen LogP contribution >= 0.6 is 15.6 Å². The number of unbranched alkanes of at least 4 members (excludes halogenated alkanes) is 9. The molecule has 21 heteroatoms. The molecule has 0 radical (unpaired) electrons. The fraction of sp³-hybridized carbons (Fsp3) is 0.600. The van der Waals surface area contributed by atoms with Crippen LogP contribution in [0.4, 0.5) is 5.82 Å². The number of hydrogen-bond acceptors (Lipinski definition) is 16. The number of nitrogens with zero attached hydrogens (tertiary/aromatic N) is 2. The van der Waals surface area contributed by atoms with Gasteiger partial charge in [0, 0.05) is 19.0 Å². The molecule has 0 bridgehead atoms. The van der Waals surface area contributed by atoms with Crippen molar-refractivity contribution in [3.05, 3.63) is 108 Å². The molecule has 400 valence electrons. The van der Waals surface area contributed by atoms with Crippen LogP contribution in [-0.2, 0) is 46.3 Å². The number of phosphoric ester groups is 2. The average Bonchev–Trinajstić information content (AvgIpc) is 3.60. The van der Waals surface area contributed by atoms with Gasteiger partial charge >= 0.3 is 33.3 Å². The number of aromatic nitrogens is 2. The molecule has 1 aliphatic rings. The molecule has 0 saturated carbocycles. The predicted molar refractivity (Wildman–Crippen MR) is 271 cm³/mol. The van der Waals surface area contributed by atoms with E-state index in [4.69, 9.17) is 29.0 Å². The van der Waals surface area contributed by atoms with Gasteiger partial charge in [-0.05, 0) is 83.1 Å². The summed E-state index contributed by atoms with van der Waals surface area (Å²) in [5.74, 6) is -1.43. The second kappa shape index (κ2) is 37.6. The molecule has 3 unspecified atom stereocenters. The number of ether oxygens (including phenoxy) is 3. The first-order chi connectivity index (χ1) is 34.1. The van der Waals surface area contributed by atoms with Crippen molar-refractivity contribution in [3.63, 3.8) is 0 Å². The van der Waals surface area contributed by atoms with E-state index in [0.717, 1.165) is 75.0 Å². The molecule has 19 nitrogen and oxygen atoms in total. The van der Waals surface area contributed by atoms with Crippen LogP contribution in [0.2, 0.25) is 0 Å². The fourth-order valence-electron chi connectivity index (χ4n) is 6.69. The summed E-state index contributed by atoms with van der Waals surface area (Å²) in [5, 5.41) is 30.8. The SMILES string of the molecule is CC/C=C/CC(O)/C=C/C=C/CCCCCCCC(=O)OC[C@H](COP(=O)(O)OP(=O)(O)OC[C@H]1O[C@@H](n2ccc(N)nc2=O)[C@H](O)[C@@H]1O)OC(=O)CCC/C=C\C/C=C\C/C=C\C/C=C\CCCCC. The van der Waals surface area contributed by atoms with E-state index in [1.165, 1.54) is 25.3 Å². The number of rotatable bonds is 39. The summed E-state index contributed by atoms with van der Waals surface area (Å²) >= 11 is 0. The van der Waals surface area contributed by atoms with Gasteiger partial charge in [0.2, 0.25) is 0 Å². The summed E-state index contributed by atoms with van der Waals surface area (Å²) in [6, 6.07) is 1.24. The molecule has 8 atom stereocenters. The van der Waals surface area contributed by atoms with E-state index < -0.39 is 89.8 Å². The summed E-state index contributed by atoms with van der Waals surface area (Å²) in [6.45, 7) is 1.82. The Hall–Kier alpha value is -4.10. The van der Waals surface area contributed by atoms with Gasteiger partial charge in [-0.2, -0.15) is 9.29 Å². The van der Waals surface area contributed by atoms with E-state index in [0.29, 0.717) is 25.7 Å². The number of hydrogen-bond donors (Lipinski definition) is 6. The van der Waals surface area contributed by atoms with Gasteiger partial charge in [0.15, 0.2) is 12.3 Å². The molecule has 1 saturated heterocycles. The molecule has 0 spiro atoms. The maximum absolute atomic E-state index is 12.8. The quantitative estimate of drug-likeness (QED) is 0.0118. The van der Waals surface area contributed by atoms with Gasteiger partial charge in [-0.1, -0.05) is 131 Å². The Labute approximate surface area is 419 Å². The molecular formula is C50H79N3O16P2. The third kappa shape index (κ3) is 30.5. The van der Waals surface area contributed by atoms with Crippen molar-refractivity contribution in [1.82, 2.24) is 9.55 Å². The van der Waals surface area contributed by atoms with Crippen molar-refractivity contribution in [2.24, 2.45) is 0 Å². The average molecular weight is 1040 g/mol. The standard InChI is InChI=1S/C50H79N3O16P2/c1-3-5-7-8-9-10-11-12-13-14-15-16-17-20-24-27-31-35-46(56)67-42(38-64-45(55)34-30-26-23-21-18-19-22-25-29-33-41(54)32-28-6-4-2)39-65-70(60,61)69-71(62,63)66-40-43-47(57)48(58)49(68-43)53-37-36-44(51)52-50(53)59/h6,9-10,12-13,15-16,20,22,24-25,28-29,33,36-37,41-43,47-49,54,57-58H,3-5,7-8,11,14,17-19,21,23,26-27,30-32,34-35,38-40H2,1-2H3,(H,60,61)(H,62,63)(H2,51,52,59)/b10-9-,13-12-,16-15-,24-20-,25-22+,28-6+,33-29+/t41?,42-,43-,47-,48-,49-/m1/s1. The number of esters is 2.